The predicted molar refractivity (Wildman–Crippen MR) is 82.4 cm³/mol. The van der Waals surface area contributed by atoms with Crippen molar-refractivity contribution in [3.05, 3.63) is 35.9 Å². The Morgan fingerprint density at radius 3 is 3.00 bits per heavy atom. The second kappa shape index (κ2) is 5.61. The van der Waals surface area contributed by atoms with Crippen molar-refractivity contribution in [3.63, 3.8) is 0 Å². The van der Waals surface area contributed by atoms with E-state index in [1.807, 2.05) is 6.92 Å². The van der Waals surface area contributed by atoms with E-state index in [0.717, 1.165) is 15.8 Å². The Bertz CT molecular complexity index is 778. The van der Waals surface area contributed by atoms with Gasteiger partial charge in [-0.2, -0.15) is 5.10 Å². The number of rotatable bonds is 4. The summed E-state index contributed by atoms with van der Waals surface area (Å²) in [5, 5.41) is 7.45. The Balaban J connectivity index is 1.69. The molecule has 3 rings (SSSR count). The lowest BCUT2D eigenvalue weighted by Gasteiger charge is -2.01. The van der Waals surface area contributed by atoms with Crippen LogP contribution in [0.25, 0.3) is 10.2 Å². The number of aryl methyl sites for hydroxylation is 3. The molecule has 2 heterocycles. The summed E-state index contributed by atoms with van der Waals surface area (Å²) in [7, 11) is 0. The largest absolute Gasteiger partial charge is 0.302 e. The number of anilines is 1. The number of hydrogen-bond donors (Lipinski definition) is 1. The Hall–Kier alpha value is -2.28. The van der Waals surface area contributed by atoms with Crippen LogP contribution in [0, 0.1) is 13.8 Å². The van der Waals surface area contributed by atoms with E-state index in [2.05, 4.69) is 39.4 Å². The molecule has 21 heavy (non-hydrogen) atoms. The van der Waals surface area contributed by atoms with Crippen LogP contribution in [0.3, 0.4) is 0 Å². The van der Waals surface area contributed by atoms with Crippen LogP contribution >= 0.6 is 11.3 Å². The van der Waals surface area contributed by atoms with Crippen molar-refractivity contribution >= 4 is 32.6 Å². The summed E-state index contributed by atoms with van der Waals surface area (Å²) in [6.45, 7) is 4.60. The highest BCUT2D eigenvalue weighted by Crippen LogP contribution is 2.29. The number of aromatic nitrogens is 4. The highest BCUT2D eigenvalue weighted by molar-refractivity contribution is 7.22. The average molecular weight is 301 g/mol. The van der Waals surface area contributed by atoms with E-state index in [9.17, 15) is 4.79 Å². The lowest BCUT2D eigenvalue weighted by atomic mass is 10.1. The van der Waals surface area contributed by atoms with Gasteiger partial charge in [-0.1, -0.05) is 17.4 Å². The maximum atomic E-state index is 11.9. The minimum Gasteiger partial charge on any atom is -0.302 e. The van der Waals surface area contributed by atoms with Crippen LogP contribution in [0.15, 0.2) is 24.8 Å². The van der Waals surface area contributed by atoms with Gasteiger partial charge in [-0.25, -0.2) is 9.97 Å². The molecule has 0 aliphatic carbocycles. The minimum absolute atomic E-state index is 0.0704. The van der Waals surface area contributed by atoms with Gasteiger partial charge in [0.05, 0.1) is 16.8 Å². The predicted octanol–water partition coefficient (Wildman–Crippen LogP) is 2.53. The molecule has 0 bridgehead atoms. The highest BCUT2D eigenvalue weighted by Gasteiger charge is 2.10. The third kappa shape index (κ3) is 3.08. The molecular weight excluding hydrogens is 286 g/mol. The van der Waals surface area contributed by atoms with Gasteiger partial charge < -0.3 is 5.32 Å². The number of thiazole rings is 1. The standard InChI is InChI=1S/C14H15N5OS/c1-9-5-10(2)13-11(6-9)21-14(18-13)17-12(20)3-4-19-8-15-7-16-19/h5-8H,3-4H2,1-2H3,(H,17,18,20). The molecule has 2 aromatic heterocycles. The molecule has 3 aromatic rings. The molecule has 0 aliphatic heterocycles. The van der Waals surface area contributed by atoms with E-state index in [-0.39, 0.29) is 5.91 Å². The smallest absolute Gasteiger partial charge is 0.228 e. The lowest BCUT2D eigenvalue weighted by Crippen LogP contribution is -2.14. The number of nitrogens with zero attached hydrogens (tertiary/aromatic N) is 4. The molecule has 0 spiro atoms. The molecule has 0 aliphatic rings. The van der Waals surface area contributed by atoms with E-state index in [1.165, 1.54) is 23.2 Å². The van der Waals surface area contributed by atoms with Gasteiger partial charge in [0, 0.05) is 6.42 Å². The SMILES string of the molecule is Cc1cc(C)c2nc(NC(=O)CCn3cncn3)sc2c1. The van der Waals surface area contributed by atoms with Gasteiger partial charge >= 0.3 is 0 Å². The van der Waals surface area contributed by atoms with Gasteiger partial charge in [0.2, 0.25) is 5.91 Å². The quantitative estimate of drug-likeness (QED) is 0.803. The fourth-order valence-electron chi connectivity index (χ4n) is 2.17. The average Bonchev–Trinajstić information content (AvgIpc) is 3.05. The van der Waals surface area contributed by atoms with Gasteiger partial charge in [-0.15, -0.1) is 0 Å². The molecule has 0 atom stereocenters. The van der Waals surface area contributed by atoms with E-state index in [0.29, 0.717) is 18.1 Å². The number of carbonyl (C=O) groups excluding carboxylic acids is 1. The van der Waals surface area contributed by atoms with Gasteiger partial charge in [0.15, 0.2) is 5.13 Å². The van der Waals surface area contributed by atoms with E-state index in [1.54, 1.807) is 11.0 Å². The Kier molecular flexibility index (Phi) is 3.66. The number of nitrogens with one attached hydrogen (secondary N) is 1. The van der Waals surface area contributed by atoms with Crippen molar-refractivity contribution in [3.8, 4) is 0 Å². The molecule has 1 amide bonds. The van der Waals surface area contributed by atoms with Crippen LogP contribution < -0.4 is 5.32 Å². The van der Waals surface area contributed by atoms with Crippen LogP contribution in [0.1, 0.15) is 17.5 Å². The summed E-state index contributed by atoms with van der Waals surface area (Å²) in [6.07, 6.45) is 3.39. The summed E-state index contributed by atoms with van der Waals surface area (Å²) < 4.78 is 2.73. The fraction of sp³-hybridized carbons (Fsp3) is 0.286. The monoisotopic (exact) mass is 301 g/mol. The Labute approximate surface area is 125 Å². The highest BCUT2D eigenvalue weighted by atomic mass is 32.1. The maximum absolute atomic E-state index is 11.9. The summed E-state index contributed by atoms with van der Waals surface area (Å²) in [5.41, 5.74) is 3.29. The first-order valence-electron chi connectivity index (χ1n) is 6.62. The number of fused-ring (bicyclic) bond motifs is 1. The zero-order chi connectivity index (χ0) is 14.8. The molecule has 108 valence electrons. The fourth-order valence-corrected chi connectivity index (χ4v) is 3.23. The Morgan fingerprint density at radius 1 is 1.38 bits per heavy atom. The first kappa shape index (κ1) is 13.7. The van der Waals surface area contributed by atoms with Crippen LogP contribution in [-0.2, 0) is 11.3 Å². The van der Waals surface area contributed by atoms with Crippen molar-refractivity contribution in [2.24, 2.45) is 0 Å². The number of amides is 1. The number of benzene rings is 1. The third-order valence-corrected chi connectivity index (χ3v) is 4.03. The number of carbonyl (C=O) groups is 1. The van der Waals surface area contributed by atoms with Gasteiger partial charge in [0.1, 0.15) is 12.7 Å². The second-order valence-electron chi connectivity index (χ2n) is 4.90. The third-order valence-electron chi connectivity index (χ3n) is 3.11. The number of hydrogen-bond acceptors (Lipinski definition) is 5. The summed E-state index contributed by atoms with van der Waals surface area (Å²) in [6, 6.07) is 4.18. The van der Waals surface area contributed by atoms with E-state index < -0.39 is 0 Å². The zero-order valence-corrected chi connectivity index (χ0v) is 12.6. The van der Waals surface area contributed by atoms with Gasteiger partial charge in [-0.3, -0.25) is 9.48 Å². The van der Waals surface area contributed by atoms with Crippen molar-refractivity contribution in [1.29, 1.82) is 0 Å². The summed E-state index contributed by atoms with van der Waals surface area (Å²) in [4.78, 5) is 20.3. The maximum Gasteiger partial charge on any atom is 0.228 e. The van der Waals surface area contributed by atoms with Gasteiger partial charge in [-0.05, 0) is 31.0 Å². The molecule has 0 fully saturated rings. The molecule has 7 heteroatoms. The first-order valence-corrected chi connectivity index (χ1v) is 7.43. The van der Waals surface area contributed by atoms with Crippen LogP contribution in [0.2, 0.25) is 0 Å². The molecule has 1 N–H and O–H groups in total. The van der Waals surface area contributed by atoms with Crippen molar-refractivity contribution in [1.82, 2.24) is 19.7 Å². The van der Waals surface area contributed by atoms with Crippen LogP contribution in [0.5, 0.6) is 0 Å². The topological polar surface area (TPSA) is 72.7 Å². The Morgan fingerprint density at radius 2 is 2.24 bits per heavy atom. The molecule has 0 radical (unpaired) electrons. The first-order chi connectivity index (χ1) is 10.1. The van der Waals surface area contributed by atoms with Crippen molar-refractivity contribution in [2.45, 2.75) is 26.8 Å². The zero-order valence-electron chi connectivity index (χ0n) is 11.8. The van der Waals surface area contributed by atoms with Crippen molar-refractivity contribution in [2.75, 3.05) is 5.32 Å². The molecule has 1 aromatic carbocycles. The molecule has 0 unspecified atom stereocenters. The van der Waals surface area contributed by atoms with Crippen molar-refractivity contribution < 1.29 is 4.79 Å². The van der Waals surface area contributed by atoms with Crippen LogP contribution in [0.4, 0.5) is 5.13 Å². The molecule has 0 saturated heterocycles. The van der Waals surface area contributed by atoms with Crippen LogP contribution in [-0.4, -0.2) is 25.7 Å². The van der Waals surface area contributed by atoms with E-state index in [4.69, 9.17) is 0 Å². The summed E-state index contributed by atoms with van der Waals surface area (Å²) in [5.74, 6) is -0.0704. The minimum atomic E-state index is -0.0704. The second-order valence-corrected chi connectivity index (χ2v) is 5.93. The van der Waals surface area contributed by atoms with Gasteiger partial charge in [0.25, 0.3) is 0 Å². The molecular formula is C14H15N5OS. The van der Waals surface area contributed by atoms with E-state index >= 15 is 0 Å². The summed E-state index contributed by atoms with van der Waals surface area (Å²) >= 11 is 1.50. The molecule has 0 saturated carbocycles. The molecule has 6 nitrogen and oxygen atoms in total. The lowest BCUT2D eigenvalue weighted by molar-refractivity contribution is -0.116. The normalized spacial score (nSPS) is 11.0.